The van der Waals surface area contributed by atoms with Gasteiger partial charge >= 0.3 is 0 Å². The highest BCUT2D eigenvalue weighted by molar-refractivity contribution is 4.92. The highest BCUT2D eigenvalue weighted by atomic mass is 15.4. The van der Waals surface area contributed by atoms with Crippen molar-refractivity contribution in [3.05, 3.63) is 30.4 Å². The van der Waals surface area contributed by atoms with Crippen LogP contribution in [-0.2, 0) is 19.5 Å². The molecular weight excluding hydrogens is 178 g/mol. The zero-order valence-corrected chi connectivity index (χ0v) is 8.17. The molecule has 14 heavy (non-hydrogen) atoms. The van der Waals surface area contributed by atoms with E-state index in [-0.39, 0.29) is 0 Å². The second-order valence-corrected chi connectivity index (χ2v) is 3.08. The molecule has 0 bridgehead atoms. The Kier molecular flexibility index (Phi) is 2.58. The quantitative estimate of drug-likeness (QED) is 0.716. The van der Waals surface area contributed by atoms with E-state index in [1.165, 1.54) is 0 Å². The van der Waals surface area contributed by atoms with E-state index in [1.807, 2.05) is 34.7 Å². The third kappa shape index (κ3) is 1.99. The van der Waals surface area contributed by atoms with Crippen LogP contribution in [-0.4, -0.2) is 24.8 Å². The smallest absolute Gasteiger partial charge is 0.0845 e. The van der Waals surface area contributed by atoms with Gasteiger partial charge in [-0.2, -0.15) is 5.10 Å². The van der Waals surface area contributed by atoms with Gasteiger partial charge in [0.2, 0.25) is 0 Å². The van der Waals surface area contributed by atoms with E-state index in [1.54, 1.807) is 6.20 Å². The average molecular weight is 191 g/mol. The van der Waals surface area contributed by atoms with Crippen LogP contribution in [0.2, 0.25) is 0 Å². The van der Waals surface area contributed by atoms with E-state index >= 15 is 0 Å². The van der Waals surface area contributed by atoms with E-state index in [0.29, 0.717) is 0 Å². The lowest BCUT2D eigenvalue weighted by Crippen LogP contribution is -2.01. The Bertz CT molecular complexity index is 376. The van der Waals surface area contributed by atoms with Crippen LogP contribution in [0.25, 0.3) is 0 Å². The highest BCUT2D eigenvalue weighted by Crippen LogP contribution is 1.96. The van der Waals surface area contributed by atoms with Crippen molar-refractivity contribution in [3.63, 3.8) is 0 Å². The summed E-state index contributed by atoms with van der Waals surface area (Å²) in [4.78, 5) is 0. The maximum absolute atomic E-state index is 4.12. The average Bonchev–Trinajstić information content (AvgIpc) is 2.86. The zero-order valence-electron chi connectivity index (χ0n) is 8.17. The van der Waals surface area contributed by atoms with Gasteiger partial charge in [0.15, 0.2) is 0 Å². The number of hydrogen-bond acceptors (Lipinski definition) is 3. The molecule has 0 radical (unpaired) electrons. The minimum absolute atomic E-state index is 0.857. The molecule has 0 saturated carbocycles. The molecule has 0 unspecified atom stereocenters. The van der Waals surface area contributed by atoms with Gasteiger partial charge in [0.05, 0.1) is 5.69 Å². The molecule has 0 aliphatic heterocycles. The third-order valence-corrected chi connectivity index (χ3v) is 2.07. The molecule has 0 amide bonds. The molecule has 0 N–H and O–H groups in total. The molecule has 0 fully saturated rings. The van der Waals surface area contributed by atoms with Gasteiger partial charge in [-0.25, -0.2) is 0 Å². The van der Waals surface area contributed by atoms with E-state index < -0.39 is 0 Å². The topological polar surface area (TPSA) is 48.5 Å². The van der Waals surface area contributed by atoms with Crippen LogP contribution in [0.1, 0.15) is 12.6 Å². The molecule has 2 aromatic heterocycles. The predicted octanol–water partition coefficient (Wildman–Crippen LogP) is 0.737. The summed E-state index contributed by atoms with van der Waals surface area (Å²) in [5, 5.41) is 12.1. The fraction of sp³-hybridized carbons (Fsp3) is 0.444. The van der Waals surface area contributed by atoms with Crippen molar-refractivity contribution in [1.82, 2.24) is 24.8 Å². The molecule has 0 spiro atoms. The molecule has 5 heteroatoms. The van der Waals surface area contributed by atoms with Gasteiger partial charge in [0, 0.05) is 38.1 Å². The summed E-state index contributed by atoms with van der Waals surface area (Å²) >= 11 is 0. The van der Waals surface area contributed by atoms with Gasteiger partial charge in [-0.05, 0) is 13.0 Å². The van der Waals surface area contributed by atoms with Crippen molar-refractivity contribution in [2.45, 2.75) is 26.4 Å². The Morgan fingerprint density at radius 2 is 2.29 bits per heavy atom. The van der Waals surface area contributed by atoms with Crippen molar-refractivity contribution >= 4 is 0 Å². The minimum Gasteiger partial charge on any atom is -0.272 e. The highest BCUT2D eigenvalue weighted by Gasteiger charge is 1.99. The van der Waals surface area contributed by atoms with Gasteiger partial charge in [-0.1, -0.05) is 5.21 Å². The molecule has 5 nitrogen and oxygen atoms in total. The van der Waals surface area contributed by atoms with Gasteiger partial charge in [0.1, 0.15) is 0 Å². The Labute approximate surface area is 82.4 Å². The second kappa shape index (κ2) is 4.04. The minimum atomic E-state index is 0.857. The summed E-state index contributed by atoms with van der Waals surface area (Å²) in [5.41, 5.74) is 1.02. The standard InChI is InChI=1S/C9H13N5/c1-2-13-8-9(11-12-13)4-7-14-6-3-5-10-14/h3,5-6,8H,2,4,7H2,1H3. The lowest BCUT2D eigenvalue weighted by atomic mass is 10.3. The largest absolute Gasteiger partial charge is 0.272 e. The maximum atomic E-state index is 4.12. The van der Waals surface area contributed by atoms with Crippen molar-refractivity contribution in [3.8, 4) is 0 Å². The van der Waals surface area contributed by atoms with Crippen LogP contribution >= 0.6 is 0 Å². The maximum Gasteiger partial charge on any atom is 0.0845 e. The van der Waals surface area contributed by atoms with Crippen LogP contribution in [0.5, 0.6) is 0 Å². The van der Waals surface area contributed by atoms with Crippen LogP contribution in [0.4, 0.5) is 0 Å². The SMILES string of the molecule is CCn1cc(CCn2cccn2)nn1. The monoisotopic (exact) mass is 191 g/mol. The van der Waals surface area contributed by atoms with E-state index in [4.69, 9.17) is 0 Å². The van der Waals surface area contributed by atoms with Gasteiger partial charge in [-0.3, -0.25) is 9.36 Å². The molecule has 0 aliphatic rings. The van der Waals surface area contributed by atoms with Crippen molar-refractivity contribution in [2.24, 2.45) is 0 Å². The van der Waals surface area contributed by atoms with Crippen LogP contribution in [0, 0.1) is 0 Å². The van der Waals surface area contributed by atoms with Crippen molar-refractivity contribution in [2.75, 3.05) is 0 Å². The molecule has 2 aromatic rings. The molecule has 2 rings (SSSR count). The Balaban J connectivity index is 1.92. The van der Waals surface area contributed by atoms with E-state index in [2.05, 4.69) is 15.4 Å². The predicted molar refractivity (Wildman–Crippen MR) is 51.6 cm³/mol. The first-order valence-corrected chi connectivity index (χ1v) is 4.75. The lowest BCUT2D eigenvalue weighted by Gasteiger charge is -1.96. The van der Waals surface area contributed by atoms with Crippen molar-refractivity contribution < 1.29 is 0 Å². The van der Waals surface area contributed by atoms with Crippen LogP contribution < -0.4 is 0 Å². The van der Waals surface area contributed by atoms with Crippen molar-refractivity contribution in [1.29, 1.82) is 0 Å². The number of aromatic nitrogens is 5. The Morgan fingerprint density at radius 3 is 2.93 bits per heavy atom. The summed E-state index contributed by atoms with van der Waals surface area (Å²) in [6.45, 7) is 3.77. The number of nitrogens with zero attached hydrogens (tertiary/aromatic N) is 5. The lowest BCUT2D eigenvalue weighted by molar-refractivity contribution is 0.606. The molecule has 2 heterocycles. The fourth-order valence-corrected chi connectivity index (χ4v) is 1.27. The molecule has 0 saturated heterocycles. The second-order valence-electron chi connectivity index (χ2n) is 3.08. The van der Waals surface area contributed by atoms with E-state index in [0.717, 1.165) is 25.2 Å². The first kappa shape index (κ1) is 8.93. The van der Waals surface area contributed by atoms with Crippen LogP contribution in [0.15, 0.2) is 24.7 Å². The van der Waals surface area contributed by atoms with Gasteiger partial charge < -0.3 is 0 Å². The molecule has 74 valence electrons. The summed E-state index contributed by atoms with van der Waals surface area (Å²) in [7, 11) is 0. The first-order chi connectivity index (χ1) is 6.88. The molecular formula is C9H13N5. The normalized spacial score (nSPS) is 10.6. The fourth-order valence-electron chi connectivity index (χ4n) is 1.27. The van der Waals surface area contributed by atoms with E-state index in [9.17, 15) is 0 Å². The number of rotatable bonds is 4. The Hall–Kier alpha value is -1.65. The van der Waals surface area contributed by atoms with Crippen LogP contribution in [0.3, 0.4) is 0 Å². The summed E-state index contributed by atoms with van der Waals surface area (Å²) < 4.78 is 3.73. The van der Waals surface area contributed by atoms with Gasteiger partial charge in [0.25, 0.3) is 0 Å². The Morgan fingerprint density at radius 1 is 1.36 bits per heavy atom. The summed E-state index contributed by atoms with van der Waals surface area (Å²) in [6.07, 6.45) is 6.58. The third-order valence-electron chi connectivity index (χ3n) is 2.07. The first-order valence-electron chi connectivity index (χ1n) is 4.75. The summed E-state index contributed by atoms with van der Waals surface area (Å²) in [5.74, 6) is 0. The van der Waals surface area contributed by atoms with Gasteiger partial charge in [-0.15, -0.1) is 5.10 Å². The molecule has 0 aliphatic carbocycles. The zero-order chi connectivity index (χ0) is 9.80. The molecule has 0 aromatic carbocycles. The number of hydrogen-bond donors (Lipinski definition) is 0. The summed E-state index contributed by atoms with van der Waals surface area (Å²) in [6, 6.07) is 1.92. The molecule has 0 atom stereocenters. The number of aryl methyl sites for hydroxylation is 3.